The van der Waals surface area contributed by atoms with Gasteiger partial charge in [-0.3, -0.25) is 14.6 Å². The predicted molar refractivity (Wildman–Crippen MR) is 154 cm³/mol. The number of hydrogen-bond acceptors (Lipinski definition) is 5. The second-order valence-corrected chi connectivity index (χ2v) is 11.2. The summed E-state index contributed by atoms with van der Waals surface area (Å²) in [6.07, 6.45) is 2.49. The smallest absolute Gasteiger partial charge is 0.413 e. The van der Waals surface area contributed by atoms with Crippen LogP contribution >= 0.6 is 0 Å². The first-order valence-corrected chi connectivity index (χ1v) is 12.7. The summed E-state index contributed by atoms with van der Waals surface area (Å²) in [6.45, 7) is 9.32. The highest BCUT2D eigenvalue weighted by Gasteiger charge is 2.29. The number of rotatable bonds is 4. The van der Waals surface area contributed by atoms with Gasteiger partial charge in [0.25, 0.3) is 0 Å². The average molecular weight is 519 g/mol. The van der Waals surface area contributed by atoms with E-state index in [1.165, 1.54) is 4.90 Å². The van der Waals surface area contributed by atoms with Crippen LogP contribution in [0.25, 0.3) is 44.2 Å². The SMILES string of the molecule is Cn1nc(-c2ccc(C(C)(C)C#N)cc2)c2c3cc(-c4ccc(N(C(=O)O)C(C)(C)C)nc4)ccc3ncc21. The summed E-state index contributed by atoms with van der Waals surface area (Å²) < 4.78 is 1.83. The van der Waals surface area contributed by atoms with Crippen molar-refractivity contribution in [1.29, 1.82) is 5.26 Å². The Morgan fingerprint density at radius 3 is 2.18 bits per heavy atom. The number of aromatic nitrogens is 4. The maximum absolute atomic E-state index is 11.9. The van der Waals surface area contributed by atoms with Gasteiger partial charge in [0.2, 0.25) is 0 Å². The van der Waals surface area contributed by atoms with Gasteiger partial charge in [0.05, 0.1) is 28.7 Å². The summed E-state index contributed by atoms with van der Waals surface area (Å²) in [7, 11) is 1.91. The highest BCUT2D eigenvalue weighted by molar-refractivity contribution is 6.12. The normalized spacial score (nSPS) is 12.0. The minimum atomic E-state index is -1.05. The topological polar surface area (TPSA) is 108 Å². The second kappa shape index (κ2) is 9.21. The van der Waals surface area contributed by atoms with Crippen LogP contribution in [-0.2, 0) is 12.5 Å². The molecule has 0 radical (unpaired) electrons. The molecule has 5 rings (SSSR count). The molecule has 0 unspecified atom stereocenters. The number of carboxylic acid groups (broad SMARTS) is 1. The molecule has 0 spiro atoms. The van der Waals surface area contributed by atoms with Gasteiger partial charge in [0.1, 0.15) is 11.5 Å². The quantitative estimate of drug-likeness (QED) is 0.276. The number of carbonyl (C=O) groups is 1. The van der Waals surface area contributed by atoms with Gasteiger partial charge >= 0.3 is 6.09 Å². The van der Waals surface area contributed by atoms with Gasteiger partial charge in [-0.05, 0) is 70.0 Å². The lowest BCUT2D eigenvalue weighted by Crippen LogP contribution is -2.45. The standard InChI is InChI=1S/C31H30N6O2/c1-30(2,3)37(29(38)39)26-14-10-21(16-34-26)20-9-13-24-23(15-20)27-25(17-33-24)36(6)35-28(27)19-7-11-22(12-8-19)31(4,5)18-32/h7-17H,1-6H3,(H,38,39). The molecule has 8 nitrogen and oxygen atoms in total. The van der Waals surface area contributed by atoms with Gasteiger partial charge in [-0.1, -0.05) is 30.3 Å². The van der Waals surface area contributed by atoms with Crippen LogP contribution in [0.2, 0.25) is 0 Å². The van der Waals surface area contributed by atoms with Crippen molar-refractivity contribution in [1.82, 2.24) is 19.7 Å². The maximum Gasteiger partial charge on any atom is 0.413 e. The van der Waals surface area contributed by atoms with Gasteiger partial charge < -0.3 is 5.11 Å². The van der Waals surface area contributed by atoms with Gasteiger partial charge in [-0.15, -0.1) is 0 Å². The van der Waals surface area contributed by atoms with E-state index < -0.39 is 17.0 Å². The molecule has 0 fully saturated rings. The zero-order valence-corrected chi connectivity index (χ0v) is 22.9. The maximum atomic E-state index is 11.9. The minimum Gasteiger partial charge on any atom is -0.465 e. The lowest BCUT2D eigenvalue weighted by molar-refractivity contribution is 0.195. The van der Waals surface area contributed by atoms with Crippen molar-refractivity contribution in [2.45, 2.75) is 45.6 Å². The third-order valence-corrected chi connectivity index (χ3v) is 7.02. The molecule has 1 N–H and O–H groups in total. The van der Waals surface area contributed by atoms with E-state index in [0.29, 0.717) is 5.82 Å². The second-order valence-electron chi connectivity index (χ2n) is 11.2. The van der Waals surface area contributed by atoms with E-state index in [4.69, 9.17) is 5.10 Å². The van der Waals surface area contributed by atoms with E-state index >= 15 is 0 Å². The highest BCUT2D eigenvalue weighted by atomic mass is 16.4. The Morgan fingerprint density at radius 1 is 0.923 bits per heavy atom. The van der Waals surface area contributed by atoms with Crippen LogP contribution < -0.4 is 4.90 Å². The third-order valence-electron chi connectivity index (χ3n) is 7.02. The van der Waals surface area contributed by atoms with Crippen LogP contribution in [-0.4, -0.2) is 36.5 Å². The Morgan fingerprint density at radius 2 is 1.59 bits per heavy atom. The lowest BCUT2D eigenvalue weighted by Gasteiger charge is -2.32. The number of pyridine rings is 2. The monoisotopic (exact) mass is 518 g/mol. The summed E-state index contributed by atoms with van der Waals surface area (Å²) >= 11 is 0. The van der Waals surface area contributed by atoms with Gasteiger partial charge in [0.15, 0.2) is 0 Å². The molecule has 8 heteroatoms. The van der Waals surface area contributed by atoms with Gasteiger partial charge in [0, 0.05) is 40.7 Å². The number of benzene rings is 2. The van der Waals surface area contributed by atoms with Gasteiger partial charge in [-0.25, -0.2) is 9.78 Å². The van der Waals surface area contributed by atoms with E-state index in [9.17, 15) is 15.2 Å². The van der Waals surface area contributed by atoms with Crippen LogP contribution in [0.3, 0.4) is 0 Å². The number of nitrogens with zero attached hydrogens (tertiary/aromatic N) is 6. The Labute approximate surface area is 227 Å². The number of aryl methyl sites for hydroxylation is 1. The minimum absolute atomic E-state index is 0.376. The van der Waals surface area contributed by atoms with Crippen molar-refractivity contribution in [2.75, 3.05) is 4.90 Å². The molecule has 1 amide bonds. The third kappa shape index (κ3) is 4.57. The van der Waals surface area contributed by atoms with Crippen molar-refractivity contribution in [3.63, 3.8) is 0 Å². The van der Waals surface area contributed by atoms with E-state index in [0.717, 1.165) is 49.8 Å². The molecular weight excluding hydrogens is 488 g/mol. The molecular formula is C31H30N6O2. The molecule has 0 saturated carbocycles. The zero-order chi connectivity index (χ0) is 28.1. The van der Waals surface area contributed by atoms with E-state index in [-0.39, 0.29) is 0 Å². The van der Waals surface area contributed by atoms with Crippen LogP contribution in [0.1, 0.15) is 40.2 Å². The average Bonchev–Trinajstić information content (AvgIpc) is 3.24. The number of fused-ring (bicyclic) bond motifs is 3. The molecule has 196 valence electrons. The Bertz CT molecular complexity index is 1750. The number of amides is 1. The van der Waals surface area contributed by atoms with Crippen LogP contribution in [0.5, 0.6) is 0 Å². The van der Waals surface area contributed by atoms with Crippen LogP contribution in [0, 0.1) is 11.3 Å². The molecule has 0 aliphatic carbocycles. The summed E-state index contributed by atoms with van der Waals surface area (Å²) in [5, 5.41) is 26.0. The molecule has 3 aromatic heterocycles. The molecule has 39 heavy (non-hydrogen) atoms. The van der Waals surface area contributed by atoms with Crippen molar-refractivity contribution in [2.24, 2.45) is 7.05 Å². The molecule has 0 aliphatic rings. The molecule has 0 aliphatic heterocycles. The molecule has 2 aromatic carbocycles. The molecule has 0 atom stereocenters. The summed E-state index contributed by atoms with van der Waals surface area (Å²) in [5.41, 5.74) is 5.11. The zero-order valence-electron chi connectivity index (χ0n) is 22.9. The fraction of sp³-hybridized carbons (Fsp3) is 0.258. The summed E-state index contributed by atoms with van der Waals surface area (Å²) in [5.74, 6) is 0.376. The van der Waals surface area contributed by atoms with Crippen molar-refractivity contribution in [3.05, 3.63) is 72.6 Å². The van der Waals surface area contributed by atoms with E-state index in [1.54, 1.807) is 12.3 Å². The summed E-state index contributed by atoms with van der Waals surface area (Å²) in [4.78, 5) is 22.3. The molecule has 3 heterocycles. The number of anilines is 1. The van der Waals surface area contributed by atoms with Crippen molar-refractivity contribution < 1.29 is 9.90 Å². The van der Waals surface area contributed by atoms with E-state index in [1.807, 2.05) is 95.0 Å². The van der Waals surface area contributed by atoms with Crippen molar-refractivity contribution in [3.8, 4) is 28.5 Å². The van der Waals surface area contributed by atoms with Crippen LogP contribution in [0.15, 0.2) is 67.0 Å². The Hall–Kier alpha value is -4.77. The van der Waals surface area contributed by atoms with Crippen LogP contribution in [0.4, 0.5) is 10.6 Å². The molecule has 0 bridgehead atoms. The first-order chi connectivity index (χ1) is 18.4. The van der Waals surface area contributed by atoms with Gasteiger partial charge in [-0.2, -0.15) is 10.4 Å². The first kappa shape index (κ1) is 25.9. The fourth-order valence-corrected chi connectivity index (χ4v) is 4.84. The fourth-order valence-electron chi connectivity index (χ4n) is 4.84. The number of nitriles is 1. The lowest BCUT2D eigenvalue weighted by atomic mass is 9.86. The Kier molecular flexibility index (Phi) is 6.11. The first-order valence-electron chi connectivity index (χ1n) is 12.7. The predicted octanol–water partition coefficient (Wildman–Crippen LogP) is 6.93. The van der Waals surface area contributed by atoms with Crippen molar-refractivity contribution >= 4 is 33.7 Å². The molecule has 0 saturated heterocycles. The summed E-state index contributed by atoms with van der Waals surface area (Å²) in [6, 6.07) is 20.0. The Balaban J connectivity index is 1.62. The largest absolute Gasteiger partial charge is 0.465 e. The number of hydrogen-bond donors (Lipinski definition) is 1. The highest BCUT2D eigenvalue weighted by Crippen LogP contribution is 2.36. The van der Waals surface area contributed by atoms with E-state index in [2.05, 4.69) is 22.1 Å². The molecule has 5 aromatic rings.